The van der Waals surface area contributed by atoms with Crippen molar-refractivity contribution < 1.29 is 19.8 Å². The molecule has 0 bridgehead atoms. The molecule has 0 unspecified atom stereocenters. The molecule has 6 heteroatoms. The fourth-order valence-corrected chi connectivity index (χ4v) is 2.09. The van der Waals surface area contributed by atoms with Crippen molar-refractivity contribution >= 4 is 11.9 Å². The summed E-state index contributed by atoms with van der Waals surface area (Å²) in [7, 11) is 0. The van der Waals surface area contributed by atoms with E-state index in [0.717, 1.165) is 12.8 Å². The minimum atomic E-state index is -0.893. The highest BCUT2D eigenvalue weighted by Crippen LogP contribution is 2.04. The first kappa shape index (κ1) is 19.9. The standard InChI is InChI=1S/C15H30N2O4/c1-2-3-4-5-6-8-14(19)16-9-11-17(10-7-12-18)13-15(20)21/h18H,2-13H2,1H3,(H,16,19)(H,20,21). The average molecular weight is 302 g/mol. The molecule has 1 amide bonds. The molecule has 0 spiro atoms. The second-order valence-electron chi connectivity index (χ2n) is 5.26. The normalized spacial score (nSPS) is 10.8. The van der Waals surface area contributed by atoms with Gasteiger partial charge in [0.25, 0.3) is 0 Å². The van der Waals surface area contributed by atoms with Crippen molar-refractivity contribution in [1.29, 1.82) is 0 Å². The number of amides is 1. The molecule has 124 valence electrons. The number of aliphatic hydroxyl groups excluding tert-OH is 1. The van der Waals surface area contributed by atoms with Crippen LogP contribution in [0.2, 0.25) is 0 Å². The van der Waals surface area contributed by atoms with Gasteiger partial charge in [-0.25, -0.2) is 0 Å². The first-order valence-corrected chi connectivity index (χ1v) is 7.91. The van der Waals surface area contributed by atoms with Crippen LogP contribution in [-0.4, -0.2) is 59.8 Å². The Labute approximate surface area is 127 Å². The number of hydrogen-bond donors (Lipinski definition) is 3. The maximum absolute atomic E-state index is 11.6. The molecule has 0 saturated carbocycles. The van der Waals surface area contributed by atoms with E-state index in [2.05, 4.69) is 12.2 Å². The van der Waals surface area contributed by atoms with Crippen LogP contribution in [0.4, 0.5) is 0 Å². The zero-order valence-corrected chi connectivity index (χ0v) is 13.1. The number of carboxylic acid groups (broad SMARTS) is 1. The van der Waals surface area contributed by atoms with Crippen LogP contribution < -0.4 is 5.32 Å². The fraction of sp³-hybridized carbons (Fsp3) is 0.867. The summed E-state index contributed by atoms with van der Waals surface area (Å²) in [4.78, 5) is 24.0. The molecule has 0 aliphatic carbocycles. The van der Waals surface area contributed by atoms with Crippen molar-refractivity contribution in [3.05, 3.63) is 0 Å². The highest BCUT2D eigenvalue weighted by Gasteiger charge is 2.09. The van der Waals surface area contributed by atoms with E-state index in [0.29, 0.717) is 32.5 Å². The molecule has 0 aromatic heterocycles. The molecule has 0 atom stereocenters. The Bertz CT molecular complexity index is 285. The van der Waals surface area contributed by atoms with Gasteiger partial charge in [0.2, 0.25) is 5.91 Å². The van der Waals surface area contributed by atoms with E-state index in [4.69, 9.17) is 10.2 Å². The molecule has 0 saturated heterocycles. The topological polar surface area (TPSA) is 89.9 Å². The Morgan fingerprint density at radius 2 is 1.76 bits per heavy atom. The average Bonchev–Trinajstić information content (AvgIpc) is 2.43. The highest BCUT2D eigenvalue weighted by atomic mass is 16.4. The third-order valence-electron chi connectivity index (χ3n) is 3.25. The molecule has 0 aromatic rings. The van der Waals surface area contributed by atoms with Crippen LogP contribution >= 0.6 is 0 Å². The summed E-state index contributed by atoms with van der Waals surface area (Å²) < 4.78 is 0. The van der Waals surface area contributed by atoms with E-state index in [1.165, 1.54) is 19.3 Å². The lowest BCUT2D eigenvalue weighted by molar-refractivity contribution is -0.138. The molecule has 0 heterocycles. The van der Waals surface area contributed by atoms with Gasteiger partial charge < -0.3 is 15.5 Å². The maximum Gasteiger partial charge on any atom is 0.317 e. The summed E-state index contributed by atoms with van der Waals surface area (Å²) in [6.45, 7) is 3.61. The Morgan fingerprint density at radius 3 is 2.38 bits per heavy atom. The van der Waals surface area contributed by atoms with Gasteiger partial charge in [0.15, 0.2) is 0 Å². The van der Waals surface area contributed by atoms with Crippen molar-refractivity contribution in [3.63, 3.8) is 0 Å². The third-order valence-corrected chi connectivity index (χ3v) is 3.25. The lowest BCUT2D eigenvalue weighted by Gasteiger charge is -2.19. The van der Waals surface area contributed by atoms with Crippen LogP contribution in [0.25, 0.3) is 0 Å². The number of unbranched alkanes of at least 4 members (excludes halogenated alkanes) is 4. The lowest BCUT2D eigenvalue weighted by Crippen LogP contribution is -2.38. The van der Waals surface area contributed by atoms with Gasteiger partial charge in [-0.3, -0.25) is 14.5 Å². The first-order valence-electron chi connectivity index (χ1n) is 7.91. The predicted molar refractivity (Wildman–Crippen MR) is 82.2 cm³/mol. The molecule has 0 aliphatic heterocycles. The summed E-state index contributed by atoms with van der Waals surface area (Å²) >= 11 is 0. The molecule has 21 heavy (non-hydrogen) atoms. The monoisotopic (exact) mass is 302 g/mol. The van der Waals surface area contributed by atoms with Crippen molar-refractivity contribution in [2.75, 3.05) is 32.8 Å². The van der Waals surface area contributed by atoms with Gasteiger partial charge in [0.05, 0.1) is 6.54 Å². The van der Waals surface area contributed by atoms with Gasteiger partial charge in [-0.05, 0) is 12.8 Å². The molecule has 0 aliphatic rings. The summed E-state index contributed by atoms with van der Waals surface area (Å²) in [5.41, 5.74) is 0. The van der Waals surface area contributed by atoms with E-state index in [1.807, 2.05) is 0 Å². The van der Waals surface area contributed by atoms with Crippen LogP contribution in [0.5, 0.6) is 0 Å². The maximum atomic E-state index is 11.6. The van der Waals surface area contributed by atoms with Crippen LogP contribution in [0.15, 0.2) is 0 Å². The number of rotatable bonds is 14. The number of nitrogens with one attached hydrogen (secondary N) is 1. The molecule has 3 N–H and O–H groups in total. The number of carboxylic acids is 1. The zero-order chi connectivity index (χ0) is 15.9. The molecule has 0 aromatic carbocycles. The van der Waals surface area contributed by atoms with E-state index >= 15 is 0 Å². The van der Waals surface area contributed by atoms with Crippen LogP contribution in [0.3, 0.4) is 0 Å². The van der Waals surface area contributed by atoms with Crippen LogP contribution in [0.1, 0.15) is 51.9 Å². The lowest BCUT2D eigenvalue weighted by atomic mass is 10.1. The minimum absolute atomic E-state index is 0.0314. The number of carbonyl (C=O) groups is 2. The third kappa shape index (κ3) is 13.6. The fourth-order valence-electron chi connectivity index (χ4n) is 2.09. The Morgan fingerprint density at radius 1 is 1.05 bits per heavy atom. The van der Waals surface area contributed by atoms with Crippen LogP contribution in [0, 0.1) is 0 Å². The molecule has 0 fully saturated rings. The predicted octanol–water partition coefficient (Wildman–Crippen LogP) is 1.23. The quantitative estimate of drug-likeness (QED) is 0.420. The molecule has 6 nitrogen and oxygen atoms in total. The van der Waals surface area contributed by atoms with Gasteiger partial charge >= 0.3 is 5.97 Å². The summed E-state index contributed by atoms with van der Waals surface area (Å²) in [6, 6.07) is 0. The Balaban J connectivity index is 3.70. The number of aliphatic hydroxyl groups is 1. The van der Waals surface area contributed by atoms with Crippen molar-refractivity contribution in [2.24, 2.45) is 0 Å². The van der Waals surface area contributed by atoms with Crippen LogP contribution in [-0.2, 0) is 9.59 Å². The SMILES string of the molecule is CCCCCCCC(=O)NCCN(CCCO)CC(=O)O. The molecular formula is C15H30N2O4. The summed E-state index contributed by atoms with van der Waals surface area (Å²) in [6.07, 6.45) is 6.67. The van der Waals surface area contributed by atoms with Gasteiger partial charge in [-0.2, -0.15) is 0 Å². The van der Waals surface area contributed by atoms with E-state index < -0.39 is 5.97 Å². The molecule has 0 radical (unpaired) electrons. The van der Waals surface area contributed by atoms with Gasteiger partial charge in [0, 0.05) is 32.7 Å². The highest BCUT2D eigenvalue weighted by molar-refractivity contribution is 5.75. The largest absolute Gasteiger partial charge is 0.480 e. The minimum Gasteiger partial charge on any atom is -0.480 e. The van der Waals surface area contributed by atoms with E-state index in [-0.39, 0.29) is 19.1 Å². The van der Waals surface area contributed by atoms with E-state index in [1.54, 1.807) is 4.90 Å². The first-order chi connectivity index (χ1) is 10.1. The second kappa shape index (κ2) is 13.8. The second-order valence-corrected chi connectivity index (χ2v) is 5.26. The number of nitrogens with zero attached hydrogens (tertiary/aromatic N) is 1. The van der Waals surface area contributed by atoms with Gasteiger partial charge in [0.1, 0.15) is 0 Å². The number of carbonyl (C=O) groups excluding carboxylic acids is 1. The zero-order valence-electron chi connectivity index (χ0n) is 13.1. The Hall–Kier alpha value is -1.14. The summed E-state index contributed by atoms with van der Waals surface area (Å²) in [5, 5.41) is 20.4. The molecule has 0 rings (SSSR count). The summed E-state index contributed by atoms with van der Waals surface area (Å²) in [5.74, 6) is -0.862. The smallest absolute Gasteiger partial charge is 0.317 e. The molecular weight excluding hydrogens is 272 g/mol. The van der Waals surface area contributed by atoms with Gasteiger partial charge in [-0.15, -0.1) is 0 Å². The van der Waals surface area contributed by atoms with Crippen molar-refractivity contribution in [2.45, 2.75) is 51.9 Å². The van der Waals surface area contributed by atoms with Gasteiger partial charge in [-0.1, -0.05) is 32.6 Å². The number of aliphatic carboxylic acids is 1. The van der Waals surface area contributed by atoms with E-state index in [9.17, 15) is 9.59 Å². The van der Waals surface area contributed by atoms with Crippen molar-refractivity contribution in [3.8, 4) is 0 Å². The van der Waals surface area contributed by atoms with Crippen molar-refractivity contribution in [1.82, 2.24) is 10.2 Å². The number of hydrogen-bond acceptors (Lipinski definition) is 4. The Kier molecular flexibility index (Phi) is 13.1.